The van der Waals surface area contributed by atoms with Gasteiger partial charge in [-0.2, -0.15) is 4.98 Å². The summed E-state index contributed by atoms with van der Waals surface area (Å²) in [5, 5.41) is 4.22. The summed E-state index contributed by atoms with van der Waals surface area (Å²) < 4.78 is 11.4. The SMILES string of the molecule is CCN(C)Cc1cc(C)cc(-c2nc(-c3cc(C)c(OCCN)c(C)c3)no2)c1. The molecule has 6 nitrogen and oxygen atoms in total. The standard InChI is InChI=1S/C23H30N4O2/c1-6-27(5)14-18-9-15(2)10-20(13-18)23-25-22(26-29-23)19-11-16(3)21(17(4)12-19)28-8-7-24/h9-13H,6-8,14,24H2,1-5H3. The minimum Gasteiger partial charge on any atom is -0.492 e. The predicted molar refractivity (Wildman–Crippen MR) is 116 cm³/mol. The zero-order valence-corrected chi connectivity index (χ0v) is 18.0. The van der Waals surface area contributed by atoms with Crippen LogP contribution < -0.4 is 10.5 Å². The summed E-state index contributed by atoms with van der Waals surface area (Å²) in [6.45, 7) is 11.1. The summed E-state index contributed by atoms with van der Waals surface area (Å²) in [5.74, 6) is 1.97. The van der Waals surface area contributed by atoms with Crippen LogP contribution in [-0.2, 0) is 6.54 Å². The van der Waals surface area contributed by atoms with Crippen LogP contribution in [0.25, 0.3) is 22.8 Å². The van der Waals surface area contributed by atoms with Gasteiger partial charge in [-0.05, 0) is 75.3 Å². The molecule has 3 aromatic rings. The molecule has 3 rings (SSSR count). The zero-order chi connectivity index (χ0) is 21.0. The van der Waals surface area contributed by atoms with Gasteiger partial charge in [0.15, 0.2) is 0 Å². The number of ether oxygens (including phenoxy) is 1. The molecule has 154 valence electrons. The summed E-state index contributed by atoms with van der Waals surface area (Å²) in [5.41, 5.74) is 11.9. The highest BCUT2D eigenvalue weighted by atomic mass is 16.5. The van der Waals surface area contributed by atoms with Crippen molar-refractivity contribution < 1.29 is 9.26 Å². The van der Waals surface area contributed by atoms with Crippen molar-refractivity contribution in [2.24, 2.45) is 5.73 Å². The molecule has 0 atom stereocenters. The van der Waals surface area contributed by atoms with Crippen LogP contribution in [0.15, 0.2) is 34.9 Å². The van der Waals surface area contributed by atoms with Crippen molar-refractivity contribution in [1.29, 1.82) is 0 Å². The molecule has 0 aliphatic heterocycles. The Morgan fingerprint density at radius 3 is 2.41 bits per heavy atom. The van der Waals surface area contributed by atoms with Crippen LogP contribution in [0.2, 0.25) is 0 Å². The largest absolute Gasteiger partial charge is 0.492 e. The Morgan fingerprint density at radius 2 is 1.76 bits per heavy atom. The molecule has 0 spiro atoms. The maximum atomic E-state index is 5.76. The molecule has 2 N–H and O–H groups in total. The van der Waals surface area contributed by atoms with Gasteiger partial charge in [0.2, 0.25) is 5.82 Å². The minimum absolute atomic E-state index is 0.487. The Kier molecular flexibility index (Phi) is 6.67. The lowest BCUT2D eigenvalue weighted by molar-refractivity contribution is 0.324. The van der Waals surface area contributed by atoms with Crippen molar-refractivity contribution in [2.75, 3.05) is 26.7 Å². The van der Waals surface area contributed by atoms with Gasteiger partial charge < -0.3 is 19.9 Å². The highest BCUT2D eigenvalue weighted by molar-refractivity contribution is 5.64. The fourth-order valence-corrected chi connectivity index (χ4v) is 3.43. The maximum absolute atomic E-state index is 5.76. The first-order chi connectivity index (χ1) is 13.9. The van der Waals surface area contributed by atoms with E-state index in [9.17, 15) is 0 Å². The molecule has 0 aliphatic rings. The molecule has 2 aromatic carbocycles. The molecule has 0 saturated heterocycles. The first-order valence-corrected chi connectivity index (χ1v) is 9.99. The van der Waals surface area contributed by atoms with Crippen LogP contribution in [0, 0.1) is 20.8 Å². The van der Waals surface area contributed by atoms with Gasteiger partial charge in [-0.3, -0.25) is 0 Å². The Morgan fingerprint density at radius 1 is 1.03 bits per heavy atom. The molecule has 0 bridgehead atoms. The van der Waals surface area contributed by atoms with E-state index in [1.807, 2.05) is 26.0 Å². The van der Waals surface area contributed by atoms with Crippen LogP contribution >= 0.6 is 0 Å². The minimum atomic E-state index is 0.487. The zero-order valence-electron chi connectivity index (χ0n) is 18.0. The van der Waals surface area contributed by atoms with Gasteiger partial charge in [-0.25, -0.2) is 0 Å². The van der Waals surface area contributed by atoms with Gasteiger partial charge in [0.1, 0.15) is 12.4 Å². The number of nitrogens with two attached hydrogens (primary N) is 1. The van der Waals surface area contributed by atoms with E-state index in [2.05, 4.69) is 54.1 Å². The Balaban J connectivity index is 1.90. The highest BCUT2D eigenvalue weighted by Crippen LogP contribution is 2.30. The third-order valence-corrected chi connectivity index (χ3v) is 4.89. The lowest BCUT2D eigenvalue weighted by atomic mass is 10.0. The second-order valence-electron chi connectivity index (χ2n) is 7.54. The molecule has 1 aromatic heterocycles. The van der Waals surface area contributed by atoms with Crippen LogP contribution in [0.3, 0.4) is 0 Å². The van der Waals surface area contributed by atoms with Crippen molar-refractivity contribution in [2.45, 2.75) is 34.2 Å². The lowest BCUT2D eigenvalue weighted by Crippen LogP contribution is -2.16. The average Bonchev–Trinajstić information content (AvgIpc) is 3.17. The Hall–Kier alpha value is -2.70. The van der Waals surface area contributed by atoms with Gasteiger partial charge in [0, 0.05) is 24.2 Å². The van der Waals surface area contributed by atoms with Crippen LogP contribution in [0.5, 0.6) is 5.75 Å². The molecule has 0 amide bonds. The first kappa shape index (κ1) is 21.0. The van der Waals surface area contributed by atoms with Crippen molar-refractivity contribution in [3.8, 4) is 28.6 Å². The maximum Gasteiger partial charge on any atom is 0.258 e. The van der Waals surface area contributed by atoms with E-state index >= 15 is 0 Å². The predicted octanol–water partition coefficient (Wildman–Crippen LogP) is 4.12. The first-order valence-electron chi connectivity index (χ1n) is 9.99. The Bertz CT molecular complexity index is 958. The van der Waals surface area contributed by atoms with E-state index in [0.717, 1.165) is 41.1 Å². The molecule has 29 heavy (non-hydrogen) atoms. The molecule has 0 aliphatic carbocycles. The summed E-state index contributed by atoms with van der Waals surface area (Å²) in [4.78, 5) is 6.92. The van der Waals surface area contributed by atoms with Crippen molar-refractivity contribution >= 4 is 0 Å². The van der Waals surface area contributed by atoms with Crippen molar-refractivity contribution in [3.05, 3.63) is 52.6 Å². The van der Waals surface area contributed by atoms with E-state index in [4.69, 9.17) is 15.0 Å². The monoisotopic (exact) mass is 394 g/mol. The highest BCUT2D eigenvalue weighted by Gasteiger charge is 2.15. The van der Waals surface area contributed by atoms with Gasteiger partial charge in [0.25, 0.3) is 5.89 Å². The second-order valence-corrected chi connectivity index (χ2v) is 7.54. The smallest absolute Gasteiger partial charge is 0.258 e. The van der Waals surface area contributed by atoms with E-state index in [-0.39, 0.29) is 0 Å². The molecule has 0 saturated carbocycles. The van der Waals surface area contributed by atoms with Gasteiger partial charge in [0.05, 0.1) is 0 Å². The lowest BCUT2D eigenvalue weighted by Gasteiger charge is -2.14. The number of hydrogen-bond donors (Lipinski definition) is 1. The van der Waals surface area contributed by atoms with E-state index in [1.165, 1.54) is 11.1 Å². The van der Waals surface area contributed by atoms with Crippen LogP contribution in [0.4, 0.5) is 0 Å². The molecule has 0 fully saturated rings. The van der Waals surface area contributed by atoms with E-state index in [0.29, 0.717) is 24.9 Å². The summed E-state index contributed by atoms with van der Waals surface area (Å²) in [7, 11) is 2.11. The van der Waals surface area contributed by atoms with Gasteiger partial charge in [-0.1, -0.05) is 23.7 Å². The van der Waals surface area contributed by atoms with Gasteiger partial charge in [-0.15, -0.1) is 0 Å². The van der Waals surface area contributed by atoms with Gasteiger partial charge >= 0.3 is 0 Å². The molecule has 0 radical (unpaired) electrons. The number of benzene rings is 2. The average molecular weight is 395 g/mol. The number of aromatic nitrogens is 2. The number of aryl methyl sites for hydroxylation is 3. The Labute approximate surface area is 172 Å². The van der Waals surface area contributed by atoms with Crippen molar-refractivity contribution in [1.82, 2.24) is 15.0 Å². The second kappa shape index (κ2) is 9.20. The number of rotatable bonds is 8. The third-order valence-electron chi connectivity index (χ3n) is 4.89. The fraction of sp³-hybridized carbons (Fsp3) is 0.391. The normalized spacial score (nSPS) is 11.3. The third kappa shape index (κ3) is 5.02. The van der Waals surface area contributed by atoms with E-state index in [1.54, 1.807) is 0 Å². The summed E-state index contributed by atoms with van der Waals surface area (Å²) in [6, 6.07) is 10.4. The molecule has 6 heteroatoms. The van der Waals surface area contributed by atoms with Crippen molar-refractivity contribution in [3.63, 3.8) is 0 Å². The van der Waals surface area contributed by atoms with Crippen LogP contribution in [-0.4, -0.2) is 41.8 Å². The number of hydrogen-bond acceptors (Lipinski definition) is 6. The molecular formula is C23H30N4O2. The summed E-state index contributed by atoms with van der Waals surface area (Å²) >= 11 is 0. The quantitative estimate of drug-likeness (QED) is 0.619. The fourth-order valence-electron chi connectivity index (χ4n) is 3.43. The molecule has 1 heterocycles. The van der Waals surface area contributed by atoms with Crippen LogP contribution in [0.1, 0.15) is 29.2 Å². The summed E-state index contributed by atoms with van der Waals surface area (Å²) in [6.07, 6.45) is 0. The topological polar surface area (TPSA) is 77.4 Å². The molecule has 0 unspecified atom stereocenters. The van der Waals surface area contributed by atoms with E-state index < -0.39 is 0 Å². The number of nitrogens with zero attached hydrogens (tertiary/aromatic N) is 3. The molecular weight excluding hydrogens is 364 g/mol.